The lowest BCUT2D eigenvalue weighted by Gasteiger charge is -2.06. The van der Waals surface area contributed by atoms with Crippen molar-refractivity contribution in [1.82, 2.24) is 19.6 Å². The topological polar surface area (TPSA) is 92.1 Å². The second kappa shape index (κ2) is 5.65. The molecule has 0 aliphatic heterocycles. The van der Waals surface area contributed by atoms with Gasteiger partial charge in [-0.3, -0.25) is 4.79 Å². The number of nitrogens with one attached hydrogen (secondary N) is 2. The first-order chi connectivity index (χ1) is 10.5. The van der Waals surface area contributed by atoms with Crippen LogP contribution in [0.25, 0.3) is 16.9 Å². The Balaban J connectivity index is 2.23. The Labute approximate surface area is 141 Å². The molecule has 1 aromatic carbocycles. The van der Waals surface area contributed by atoms with E-state index in [-0.39, 0.29) is 5.91 Å². The molecule has 2 aromatic heterocycles. The average Bonchev–Trinajstić information content (AvgIpc) is 2.75. The number of carbonyl (C=O) groups excluding carboxylic acids is 1. The molecule has 112 valence electrons. The van der Waals surface area contributed by atoms with Crippen LogP contribution in [-0.2, 0) is 4.79 Å². The fourth-order valence-electron chi connectivity index (χ4n) is 2.06. The Bertz CT molecular complexity index is 947. The summed E-state index contributed by atoms with van der Waals surface area (Å²) in [6, 6.07) is 7.14. The van der Waals surface area contributed by atoms with E-state index in [0.717, 1.165) is 5.56 Å². The van der Waals surface area contributed by atoms with Crippen LogP contribution in [0.1, 0.15) is 6.92 Å². The van der Waals surface area contributed by atoms with Gasteiger partial charge in [0, 0.05) is 18.2 Å². The largest absolute Gasteiger partial charge is 0.348 e. The van der Waals surface area contributed by atoms with Gasteiger partial charge in [0.25, 0.3) is 0 Å². The first-order valence-electron chi connectivity index (χ1n) is 6.17. The van der Waals surface area contributed by atoms with Crippen molar-refractivity contribution in [3.63, 3.8) is 0 Å². The lowest BCUT2D eigenvalue weighted by molar-refractivity contribution is -0.114. The zero-order chi connectivity index (χ0) is 15.9. The highest BCUT2D eigenvalue weighted by molar-refractivity contribution is 9.13. The fourth-order valence-corrected chi connectivity index (χ4v) is 2.83. The standard InChI is InChI=1S/C13H9Br2N5O2/c1-6(21)16-8-4-2-3-7(5-8)9-12-17-10(14)11(15)20(12)13(22)19-18-9/h2-5H,1H3,(H,16,21)(H,19,22). The molecule has 9 heteroatoms. The van der Waals surface area contributed by atoms with Crippen LogP contribution < -0.4 is 11.0 Å². The number of carbonyl (C=O) groups is 1. The second-order valence-corrected chi connectivity index (χ2v) is 5.99. The third-order valence-electron chi connectivity index (χ3n) is 2.92. The van der Waals surface area contributed by atoms with Crippen molar-refractivity contribution >= 4 is 49.1 Å². The molecule has 0 spiro atoms. The first-order valence-corrected chi connectivity index (χ1v) is 7.76. The van der Waals surface area contributed by atoms with Crippen molar-refractivity contribution in [2.75, 3.05) is 5.32 Å². The van der Waals surface area contributed by atoms with Crippen LogP contribution in [0.15, 0.2) is 38.3 Å². The van der Waals surface area contributed by atoms with Gasteiger partial charge in [-0.25, -0.2) is 19.3 Å². The van der Waals surface area contributed by atoms with Crippen molar-refractivity contribution in [2.45, 2.75) is 6.92 Å². The summed E-state index contributed by atoms with van der Waals surface area (Å²) in [6.45, 7) is 1.44. The summed E-state index contributed by atoms with van der Waals surface area (Å²) < 4.78 is 2.38. The van der Waals surface area contributed by atoms with E-state index >= 15 is 0 Å². The van der Waals surface area contributed by atoms with Gasteiger partial charge < -0.3 is 5.32 Å². The van der Waals surface area contributed by atoms with E-state index in [4.69, 9.17) is 0 Å². The predicted molar refractivity (Wildman–Crippen MR) is 88.7 cm³/mol. The van der Waals surface area contributed by atoms with Crippen molar-refractivity contribution in [2.24, 2.45) is 0 Å². The van der Waals surface area contributed by atoms with Crippen molar-refractivity contribution in [3.05, 3.63) is 44.0 Å². The van der Waals surface area contributed by atoms with Gasteiger partial charge in [-0.2, -0.15) is 5.10 Å². The zero-order valence-electron chi connectivity index (χ0n) is 11.2. The van der Waals surface area contributed by atoms with Gasteiger partial charge in [0.15, 0.2) is 5.65 Å². The third-order valence-corrected chi connectivity index (χ3v) is 4.73. The first kappa shape index (κ1) is 14.9. The van der Waals surface area contributed by atoms with Gasteiger partial charge in [0.2, 0.25) is 5.91 Å². The number of halogens is 2. The smallest absolute Gasteiger partial charge is 0.326 e. The zero-order valence-corrected chi connectivity index (χ0v) is 14.4. The molecule has 7 nitrogen and oxygen atoms in total. The molecule has 0 fully saturated rings. The maximum Gasteiger partial charge on any atom is 0.348 e. The number of benzene rings is 1. The SMILES string of the molecule is CC(=O)Nc1cccc(-c2n[nH]c(=O)n3c(Br)c(Br)nc23)c1. The van der Waals surface area contributed by atoms with Crippen LogP contribution in [0, 0.1) is 0 Å². The van der Waals surface area contributed by atoms with Crippen LogP contribution in [0.5, 0.6) is 0 Å². The van der Waals surface area contributed by atoms with Crippen LogP contribution >= 0.6 is 31.9 Å². The highest BCUT2D eigenvalue weighted by Gasteiger charge is 2.16. The number of fused-ring (bicyclic) bond motifs is 1. The number of aromatic nitrogens is 4. The summed E-state index contributed by atoms with van der Waals surface area (Å²) in [6.07, 6.45) is 0. The summed E-state index contributed by atoms with van der Waals surface area (Å²) in [5, 5.41) is 9.22. The fraction of sp³-hybridized carbons (Fsp3) is 0.0769. The van der Waals surface area contributed by atoms with Crippen molar-refractivity contribution < 1.29 is 4.79 Å². The quantitative estimate of drug-likeness (QED) is 0.658. The molecule has 3 aromatic rings. The number of hydrogen-bond donors (Lipinski definition) is 2. The molecule has 2 heterocycles. The molecule has 0 atom stereocenters. The van der Waals surface area contributed by atoms with Crippen molar-refractivity contribution in [1.29, 1.82) is 0 Å². The number of hydrogen-bond acceptors (Lipinski definition) is 4. The van der Waals surface area contributed by atoms with E-state index < -0.39 is 5.69 Å². The summed E-state index contributed by atoms with van der Waals surface area (Å²) in [4.78, 5) is 27.4. The number of nitrogens with zero attached hydrogens (tertiary/aromatic N) is 3. The molecular formula is C13H9Br2N5O2. The Morgan fingerprint density at radius 2 is 2.14 bits per heavy atom. The van der Waals surface area contributed by atoms with E-state index in [2.05, 4.69) is 52.4 Å². The molecule has 0 bridgehead atoms. The normalized spacial score (nSPS) is 10.9. The molecule has 2 N–H and O–H groups in total. The summed E-state index contributed by atoms with van der Waals surface area (Å²) >= 11 is 6.58. The molecule has 0 saturated heterocycles. The van der Waals surface area contributed by atoms with Crippen LogP contribution in [0.3, 0.4) is 0 Å². The Morgan fingerprint density at radius 1 is 1.36 bits per heavy atom. The van der Waals surface area contributed by atoms with E-state index in [1.165, 1.54) is 11.3 Å². The number of aromatic amines is 1. The molecule has 1 amide bonds. The highest BCUT2D eigenvalue weighted by atomic mass is 79.9. The van der Waals surface area contributed by atoms with Crippen LogP contribution in [0.4, 0.5) is 5.69 Å². The third kappa shape index (κ3) is 2.57. The summed E-state index contributed by atoms with van der Waals surface area (Å²) in [5.74, 6) is -0.164. The summed E-state index contributed by atoms with van der Waals surface area (Å²) in [5.41, 5.74) is 1.86. The Morgan fingerprint density at radius 3 is 2.86 bits per heavy atom. The van der Waals surface area contributed by atoms with E-state index in [0.29, 0.717) is 26.2 Å². The van der Waals surface area contributed by atoms with Gasteiger partial charge in [-0.1, -0.05) is 12.1 Å². The second-order valence-electron chi connectivity index (χ2n) is 4.49. The molecule has 22 heavy (non-hydrogen) atoms. The van der Waals surface area contributed by atoms with Crippen molar-refractivity contribution in [3.8, 4) is 11.3 Å². The lowest BCUT2D eigenvalue weighted by atomic mass is 10.1. The number of H-pyrrole nitrogens is 1. The lowest BCUT2D eigenvalue weighted by Crippen LogP contribution is -2.18. The van der Waals surface area contributed by atoms with Gasteiger partial charge >= 0.3 is 5.69 Å². The number of imidazole rings is 1. The number of amides is 1. The highest BCUT2D eigenvalue weighted by Crippen LogP contribution is 2.28. The maximum absolute atomic E-state index is 11.9. The Kier molecular flexibility index (Phi) is 3.83. The van der Waals surface area contributed by atoms with E-state index in [9.17, 15) is 9.59 Å². The average molecular weight is 427 g/mol. The minimum atomic E-state index is -0.401. The molecule has 0 unspecified atom stereocenters. The summed E-state index contributed by atoms with van der Waals surface area (Å²) in [7, 11) is 0. The molecule has 0 aliphatic rings. The van der Waals surface area contributed by atoms with Gasteiger partial charge in [-0.15, -0.1) is 0 Å². The van der Waals surface area contributed by atoms with E-state index in [1.807, 2.05) is 6.07 Å². The number of anilines is 1. The maximum atomic E-state index is 11.9. The molecule has 0 aliphatic carbocycles. The molecule has 0 radical (unpaired) electrons. The van der Waals surface area contributed by atoms with Gasteiger partial charge in [-0.05, 0) is 44.0 Å². The minimum Gasteiger partial charge on any atom is -0.326 e. The minimum absolute atomic E-state index is 0.164. The van der Waals surface area contributed by atoms with Crippen LogP contribution in [-0.4, -0.2) is 25.5 Å². The Hall–Kier alpha value is -2.00. The molecule has 3 rings (SSSR count). The monoisotopic (exact) mass is 425 g/mol. The van der Waals surface area contributed by atoms with Gasteiger partial charge in [0.05, 0.1) is 0 Å². The molecule has 0 saturated carbocycles. The van der Waals surface area contributed by atoms with E-state index in [1.54, 1.807) is 18.2 Å². The van der Waals surface area contributed by atoms with Crippen LogP contribution in [0.2, 0.25) is 0 Å². The van der Waals surface area contributed by atoms with Gasteiger partial charge in [0.1, 0.15) is 14.9 Å². The number of rotatable bonds is 2. The predicted octanol–water partition coefficient (Wildman–Crippen LogP) is 2.57. The molecular weight excluding hydrogens is 418 g/mol.